The van der Waals surface area contributed by atoms with Crippen LogP contribution in [0.1, 0.15) is 35.2 Å². The molecule has 0 aliphatic rings. The van der Waals surface area contributed by atoms with Gasteiger partial charge in [-0.1, -0.05) is 42.0 Å². The molecule has 0 amide bonds. The van der Waals surface area contributed by atoms with Crippen molar-refractivity contribution in [2.24, 2.45) is 0 Å². The fourth-order valence-corrected chi connectivity index (χ4v) is 2.06. The van der Waals surface area contributed by atoms with E-state index >= 15 is 0 Å². The summed E-state index contributed by atoms with van der Waals surface area (Å²) in [5, 5.41) is 3.59. The minimum atomic E-state index is 0.325. The molecule has 0 radical (unpaired) electrons. The molecule has 0 bridgehead atoms. The summed E-state index contributed by atoms with van der Waals surface area (Å²) >= 11 is 0. The van der Waals surface area contributed by atoms with E-state index in [0.29, 0.717) is 6.04 Å². The van der Waals surface area contributed by atoms with E-state index in [9.17, 15) is 0 Å². The standard InChI is InChI=1S/C17H21N/c1-12-6-9-16(10-7-12)15(4)18-17-11-13(2)5-8-14(17)3/h5-11,15,18H,1-4H3. The molecule has 0 aliphatic carbocycles. The second kappa shape index (κ2) is 5.26. The predicted molar refractivity (Wildman–Crippen MR) is 79.1 cm³/mol. The first-order valence-corrected chi connectivity index (χ1v) is 6.46. The van der Waals surface area contributed by atoms with Crippen molar-refractivity contribution in [1.82, 2.24) is 0 Å². The Hall–Kier alpha value is -1.76. The van der Waals surface area contributed by atoms with E-state index in [4.69, 9.17) is 0 Å². The molecule has 0 saturated heterocycles. The van der Waals surface area contributed by atoms with Gasteiger partial charge >= 0.3 is 0 Å². The number of benzene rings is 2. The highest BCUT2D eigenvalue weighted by Gasteiger charge is 2.06. The zero-order chi connectivity index (χ0) is 13.1. The van der Waals surface area contributed by atoms with Gasteiger partial charge < -0.3 is 5.32 Å². The van der Waals surface area contributed by atoms with Gasteiger partial charge in [0.15, 0.2) is 0 Å². The summed E-state index contributed by atoms with van der Waals surface area (Å²) in [5.41, 5.74) is 6.43. The van der Waals surface area contributed by atoms with E-state index in [1.165, 1.54) is 27.9 Å². The normalized spacial score (nSPS) is 12.2. The Labute approximate surface area is 110 Å². The van der Waals surface area contributed by atoms with Crippen LogP contribution in [0.15, 0.2) is 42.5 Å². The number of anilines is 1. The lowest BCUT2D eigenvalue weighted by Gasteiger charge is -2.18. The average molecular weight is 239 g/mol. The van der Waals surface area contributed by atoms with Crippen LogP contribution >= 0.6 is 0 Å². The summed E-state index contributed by atoms with van der Waals surface area (Å²) in [6.07, 6.45) is 0. The predicted octanol–water partition coefficient (Wildman–Crippen LogP) is 4.78. The summed E-state index contributed by atoms with van der Waals surface area (Å²) in [6.45, 7) is 8.59. The van der Waals surface area contributed by atoms with Crippen LogP contribution in [-0.4, -0.2) is 0 Å². The van der Waals surface area contributed by atoms with Crippen molar-refractivity contribution in [2.75, 3.05) is 5.32 Å². The summed E-state index contributed by atoms with van der Waals surface area (Å²) < 4.78 is 0. The third-order valence-corrected chi connectivity index (χ3v) is 3.34. The van der Waals surface area contributed by atoms with Crippen molar-refractivity contribution in [1.29, 1.82) is 0 Å². The average Bonchev–Trinajstić information content (AvgIpc) is 2.34. The summed E-state index contributed by atoms with van der Waals surface area (Å²) in [5.74, 6) is 0. The molecule has 0 saturated carbocycles. The van der Waals surface area contributed by atoms with Crippen LogP contribution in [0.3, 0.4) is 0 Å². The van der Waals surface area contributed by atoms with Crippen molar-refractivity contribution < 1.29 is 0 Å². The lowest BCUT2D eigenvalue weighted by Crippen LogP contribution is -2.07. The van der Waals surface area contributed by atoms with Crippen molar-refractivity contribution in [3.05, 3.63) is 64.7 Å². The molecule has 94 valence electrons. The summed E-state index contributed by atoms with van der Waals surface area (Å²) in [4.78, 5) is 0. The molecule has 1 nitrogen and oxygen atoms in total. The van der Waals surface area contributed by atoms with Gasteiger partial charge in [-0.15, -0.1) is 0 Å². The van der Waals surface area contributed by atoms with Gasteiger partial charge in [-0.05, 0) is 50.5 Å². The van der Waals surface area contributed by atoms with Crippen LogP contribution in [0.5, 0.6) is 0 Å². The van der Waals surface area contributed by atoms with E-state index in [2.05, 4.69) is 75.5 Å². The highest BCUT2D eigenvalue weighted by molar-refractivity contribution is 5.53. The molecule has 0 fully saturated rings. The van der Waals surface area contributed by atoms with E-state index in [-0.39, 0.29) is 0 Å². The third-order valence-electron chi connectivity index (χ3n) is 3.34. The van der Waals surface area contributed by atoms with Crippen molar-refractivity contribution in [2.45, 2.75) is 33.7 Å². The van der Waals surface area contributed by atoms with E-state index in [1.54, 1.807) is 0 Å². The molecule has 0 heterocycles. The maximum Gasteiger partial charge on any atom is 0.0485 e. The van der Waals surface area contributed by atoms with Gasteiger partial charge in [0, 0.05) is 11.7 Å². The second-order valence-corrected chi connectivity index (χ2v) is 5.10. The van der Waals surface area contributed by atoms with Gasteiger partial charge in [0.2, 0.25) is 0 Å². The highest BCUT2D eigenvalue weighted by atomic mass is 14.9. The highest BCUT2D eigenvalue weighted by Crippen LogP contribution is 2.23. The van der Waals surface area contributed by atoms with Gasteiger partial charge in [-0.3, -0.25) is 0 Å². The fraction of sp³-hybridized carbons (Fsp3) is 0.294. The van der Waals surface area contributed by atoms with Crippen molar-refractivity contribution in [3.63, 3.8) is 0 Å². The summed E-state index contributed by atoms with van der Waals surface area (Å²) in [6, 6.07) is 15.6. The molecule has 0 aromatic heterocycles. The molecular formula is C17H21N. The molecule has 0 aliphatic heterocycles. The van der Waals surface area contributed by atoms with Gasteiger partial charge in [0.25, 0.3) is 0 Å². The SMILES string of the molecule is Cc1ccc(C(C)Nc2cc(C)ccc2C)cc1. The molecule has 1 atom stereocenters. The molecule has 0 spiro atoms. The lowest BCUT2D eigenvalue weighted by atomic mass is 10.0. The molecule has 1 N–H and O–H groups in total. The Kier molecular flexibility index (Phi) is 3.71. The van der Waals surface area contributed by atoms with Crippen LogP contribution in [0, 0.1) is 20.8 Å². The number of hydrogen-bond donors (Lipinski definition) is 1. The molecule has 2 rings (SSSR count). The number of aryl methyl sites for hydroxylation is 3. The Bertz CT molecular complexity index is 526. The van der Waals surface area contributed by atoms with Crippen LogP contribution in [0.2, 0.25) is 0 Å². The lowest BCUT2D eigenvalue weighted by molar-refractivity contribution is 0.881. The Morgan fingerprint density at radius 3 is 2.11 bits per heavy atom. The van der Waals surface area contributed by atoms with Gasteiger partial charge in [-0.2, -0.15) is 0 Å². The van der Waals surface area contributed by atoms with E-state index < -0.39 is 0 Å². The molecule has 2 aromatic rings. The monoisotopic (exact) mass is 239 g/mol. The fourth-order valence-electron chi connectivity index (χ4n) is 2.06. The van der Waals surface area contributed by atoms with Crippen LogP contribution in [0.25, 0.3) is 0 Å². The minimum absolute atomic E-state index is 0.325. The Morgan fingerprint density at radius 1 is 0.833 bits per heavy atom. The smallest absolute Gasteiger partial charge is 0.0485 e. The first-order chi connectivity index (χ1) is 8.56. The van der Waals surface area contributed by atoms with Gasteiger partial charge in [0.1, 0.15) is 0 Å². The zero-order valence-electron chi connectivity index (χ0n) is 11.6. The van der Waals surface area contributed by atoms with Gasteiger partial charge in [-0.25, -0.2) is 0 Å². The second-order valence-electron chi connectivity index (χ2n) is 5.10. The molecule has 18 heavy (non-hydrogen) atoms. The molecular weight excluding hydrogens is 218 g/mol. The first-order valence-electron chi connectivity index (χ1n) is 6.46. The number of nitrogens with one attached hydrogen (secondary N) is 1. The molecule has 1 unspecified atom stereocenters. The van der Waals surface area contributed by atoms with Crippen LogP contribution < -0.4 is 5.32 Å². The molecule has 2 aromatic carbocycles. The number of hydrogen-bond acceptors (Lipinski definition) is 1. The molecule has 1 heteroatoms. The van der Waals surface area contributed by atoms with Crippen molar-refractivity contribution >= 4 is 5.69 Å². The van der Waals surface area contributed by atoms with Crippen LogP contribution in [0.4, 0.5) is 5.69 Å². The maximum atomic E-state index is 3.59. The maximum absolute atomic E-state index is 3.59. The zero-order valence-corrected chi connectivity index (χ0v) is 11.6. The van der Waals surface area contributed by atoms with Crippen LogP contribution in [-0.2, 0) is 0 Å². The topological polar surface area (TPSA) is 12.0 Å². The van der Waals surface area contributed by atoms with E-state index in [1.807, 2.05) is 0 Å². The Morgan fingerprint density at radius 2 is 1.44 bits per heavy atom. The Balaban J connectivity index is 2.18. The largest absolute Gasteiger partial charge is 0.378 e. The van der Waals surface area contributed by atoms with E-state index in [0.717, 1.165) is 0 Å². The van der Waals surface area contributed by atoms with Crippen molar-refractivity contribution in [3.8, 4) is 0 Å². The van der Waals surface area contributed by atoms with Gasteiger partial charge in [0.05, 0.1) is 0 Å². The number of rotatable bonds is 3. The third kappa shape index (κ3) is 2.92. The quantitative estimate of drug-likeness (QED) is 0.812. The summed E-state index contributed by atoms with van der Waals surface area (Å²) in [7, 11) is 0. The first kappa shape index (κ1) is 12.7. The minimum Gasteiger partial charge on any atom is -0.378 e.